The monoisotopic (exact) mass is 259 g/mol. The van der Waals surface area contributed by atoms with Crippen molar-refractivity contribution >= 4 is 5.69 Å². The number of nitrogens with one attached hydrogen (secondary N) is 1. The van der Waals surface area contributed by atoms with Crippen molar-refractivity contribution in [3.05, 3.63) is 41.5 Å². The Kier molecular flexibility index (Phi) is 4.65. The highest BCUT2D eigenvalue weighted by Crippen LogP contribution is 2.31. The van der Waals surface area contributed by atoms with E-state index in [0.29, 0.717) is 11.8 Å². The van der Waals surface area contributed by atoms with Crippen molar-refractivity contribution in [2.24, 2.45) is 11.8 Å². The molecular formula is C17H25NO. The summed E-state index contributed by atoms with van der Waals surface area (Å²) in [6.07, 6.45) is 4.61. The van der Waals surface area contributed by atoms with Crippen LogP contribution in [0.2, 0.25) is 0 Å². The second-order valence-electron chi connectivity index (χ2n) is 5.94. The van der Waals surface area contributed by atoms with Gasteiger partial charge in [-0.25, -0.2) is 0 Å². The van der Waals surface area contributed by atoms with Crippen LogP contribution in [0.4, 0.5) is 5.69 Å². The summed E-state index contributed by atoms with van der Waals surface area (Å²) in [7, 11) is 0. The number of aryl methyl sites for hydroxylation is 1. The molecule has 2 rings (SSSR count). The first kappa shape index (κ1) is 14.1. The summed E-state index contributed by atoms with van der Waals surface area (Å²) in [6, 6.07) is 8.42. The van der Waals surface area contributed by atoms with Crippen LogP contribution in [0.15, 0.2) is 35.9 Å². The molecule has 0 bridgehead atoms. The fourth-order valence-electron chi connectivity index (χ4n) is 3.15. The predicted molar refractivity (Wildman–Crippen MR) is 81.3 cm³/mol. The quantitative estimate of drug-likeness (QED) is 0.807. The molecule has 3 unspecified atom stereocenters. The first-order chi connectivity index (χ1) is 9.10. The number of hydrogen-bond donors (Lipinski definition) is 2. The van der Waals surface area contributed by atoms with Gasteiger partial charge < -0.3 is 10.4 Å². The van der Waals surface area contributed by atoms with Gasteiger partial charge in [0.15, 0.2) is 0 Å². The van der Waals surface area contributed by atoms with Crippen molar-refractivity contribution in [3.63, 3.8) is 0 Å². The molecule has 0 heterocycles. The molecule has 0 aromatic heterocycles. The normalized spacial score (nSPS) is 24.7. The molecule has 2 N–H and O–H groups in total. The van der Waals surface area contributed by atoms with Gasteiger partial charge in [0.05, 0.1) is 12.6 Å². The Bertz CT molecular complexity index is 452. The van der Waals surface area contributed by atoms with Crippen LogP contribution < -0.4 is 5.32 Å². The lowest BCUT2D eigenvalue weighted by molar-refractivity contribution is 0.220. The van der Waals surface area contributed by atoms with Crippen molar-refractivity contribution in [3.8, 4) is 0 Å². The minimum absolute atomic E-state index is 0.146. The Balaban J connectivity index is 2.09. The molecule has 0 radical (unpaired) electrons. The van der Waals surface area contributed by atoms with E-state index in [1.807, 2.05) is 12.1 Å². The standard InChI is InChI=1S/C17H25NO/c1-12-8-13(2)10-15(9-12)17(11-19)18-16-7-5-4-6-14(16)3/h4-8,12,15,17-19H,9-11H2,1-3H3. The Morgan fingerprint density at radius 1 is 1.32 bits per heavy atom. The Morgan fingerprint density at radius 3 is 2.68 bits per heavy atom. The molecule has 1 aliphatic rings. The number of aliphatic hydroxyl groups is 1. The maximum Gasteiger partial charge on any atom is 0.0635 e. The Labute approximate surface area is 116 Å². The Morgan fingerprint density at radius 2 is 2.05 bits per heavy atom. The van der Waals surface area contributed by atoms with Gasteiger partial charge >= 0.3 is 0 Å². The van der Waals surface area contributed by atoms with E-state index in [-0.39, 0.29) is 12.6 Å². The van der Waals surface area contributed by atoms with Gasteiger partial charge in [-0.2, -0.15) is 0 Å². The summed E-state index contributed by atoms with van der Waals surface area (Å²) in [5.41, 5.74) is 3.83. The molecule has 1 aromatic rings. The smallest absolute Gasteiger partial charge is 0.0635 e. The molecule has 2 nitrogen and oxygen atoms in total. The van der Waals surface area contributed by atoms with E-state index in [1.54, 1.807) is 0 Å². The molecule has 0 aliphatic heterocycles. The van der Waals surface area contributed by atoms with Gasteiger partial charge in [-0.05, 0) is 50.2 Å². The average Bonchev–Trinajstić information content (AvgIpc) is 2.36. The third-order valence-electron chi connectivity index (χ3n) is 4.08. The second kappa shape index (κ2) is 6.25. The van der Waals surface area contributed by atoms with Crippen molar-refractivity contribution in [1.82, 2.24) is 0 Å². The van der Waals surface area contributed by atoms with E-state index in [4.69, 9.17) is 0 Å². The minimum Gasteiger partial charge on any atom is -0.394 e. The van der Waals surface area contributed by atoms with E-state index in [2.05, 4.69) is 44.3 Å². The fourth-order valence-corrected chi connectivity index (χ4v) is 3.15. The number of rotatable bonds is 4. The van der Waals surface area contributed by atoms with Crippen LogP contribution in [0, 0.1) is 18.8 Å². The molecular weight excluding hydrogens is 234 g/mol. The molecule has 3 atom stereocenters. The van der Waals surface area contributed by atoms with E-state index >= 15 is 0 Å². The summed E-state index contributed by atoms with van der Waals surface area (Å²) in [5.74, 6) is 1.14. The van der Waals surface area contributed by atoms with Gasteiger partial charge in [-0.15, -0.1) is 0 Å². The third kappa shape index (κ3) is 3.60. The van der Waals surface area contributed by atoms with Crippen molar-refractivity contribution in [2.45, 2.75) is 39.7 Å². The van der Waals surface area contributed by atoms with Crippen LogP contribution in [0.25, 0.3) is 0 Å². The summed E-state index contributed by atoms with van der Waals surface area (Å²) in [6.45, 7) is 6.76. The lowest BCUT2D eigenvalue weighted by Gasteiger charge is -2.33. The molecule has 1 aliphatic carbocycles. The van der Waals surface area contributed by atoms with Crippen LogP contribution >= 0.6 is 0 Å². The molecule has 1 aromatic carbocycles. The lowest BCUT2D eigenvalue weighted by Crippen LogP contribution is -2.35. The topological polar surface area (TPSA) is 32.3 Å². The molecule has 0 saturated heterocycles. The number of para-hydroxylation sites is 1. The van der Waals surface area contributed by atoms with Gasteiger partial charge in [0.2, 0.25) is 0 Å². The first-order valence-corrected chi connectivity index (χ1v) is 7.20. The van der Waals surface area contributed by atoms with Crippen LogP contribution in [-0.4, -0.2) is 17.8 Å². The highest BCUT2D eigenvalue weighted by Gasteiger charge is 2.26. The highest BCUT2D eigenvalue weighted by molar-refractivity contribution is 5.51. The summed E-state index contributed by atoms with van der Waals surface area (Å²) in [4.78, 5) is 0. The fraction of sp³-hybridized carbons (Fsp3) is 0.529. The van der Waals surface area contributed by atoms with Crippen molar-refractivity contribution in [2.75, 3.05) is 11.9 Å². The van der Waals surface area contributed by atoms with Crippen LogP contribution in [0.1, 0.15) is 32.3 Å². The zero-order valence-corrected chi connectivity index (χ0v) is 12.2. The van der Waals surface area contributed by atoms with Gasteiger partial charge in [0, 0.05) is 5.69 Å². The third-order valence-corrected chi connectivity index (χ3v) is 4.08. The maximum atomic E-state index is 9.72. The first-order valence-electron chi connectivity index (χ1n) is 7.20. The lowest BCUT2D eigenvalue weighted by atomic mass is 9.79. The van der Waals surface area contributed by atoms with E-state index in [9.17, 15) is 5.11 Å². The van der Waals surface area contributed by atoms with Crippen molar-refractivity contribution < 1.29 is 5.11 Å². The van der Waals surface area contributed by atoms with Crippen molar-refractivity contribution in [1.29, 1.82) is 0 Å². The number of anilines is 1. The van der Waals surface area contributed by atoms with Gasteiger partial charge in [0.1, 0.15) is 0 Å². The summed E-state index contributed by atoms with van der Waals surface area (Å²) in [5, 5.41) is 13.3. The summed E-state index contributed by atoms with van der Waals surface area (Å²) < 4.78 is 0. The minimum atomic E-state index is 0.146. The SMILES string of the molecule is CC1=CC(C)CC(C(CO)Nc2ccccc2C)C1. The predicted octanol–water partition coefficient (Wildman–Crippen LogP) is 3.76. The highest BCUT2D eigenvalue weighted by atomic mass is 16.3. The number of aliphatic hydroxyl groups excluding tert-OH is 1. The average molecular weight is 259 g/mol. The van der Waals surface area contributed by atoms with E-state index in [0.717, 1.165) is 18.5 Å². The Hall–Kier alpha value is -1.28. The zero-order chi connectivity index (χ0) is 13.8. The van der Waals surface area contributed by atoms with Gasteiger partial charge in [0.25, 0.3) is 0 Å². The van der Waals surface area contributed by atoms with Crippen LogP contribution in [-0.2, 0) is 0 Å². The molecule has 0 fully saturated rings. The number of allylic oxidation sites excluding steroid dienone is 2. The molecule has 19 heavy (non-hydrogen) atoms. The maximum absolute atomic E-state index is 9.72. The van der Waals surface area contributed by atoms with E-state index in [1.165, 1.54) is 11.1 Å². The summed E-state index contributed by atoms with van der Waals surface area (Å²) >= 11 is 0. The number of benzene rings is 1. The van der Waals surface area contributed by atoms with Crippen LogP contribution in [0.3, 0.4) is 0 Å². The second-order valence-corrected chi connectivity index (χ2v) is 5.94. The molecule has 0 spiro atoms. The molecule has 2 heteroatoms. The van der Waals surface area contributed by atoms with Gasteiger partial charge in [-0.1, -0.05) is 36.8 Å². The van der Waals surface area contributed by atoms with Gasteiger partial charge in [-0.3, -0.25) is 0 Å². The molecule has 0 amide bonds. The largest absolute Gasteiger partial charge is 0.394 e. The number of hydrogen-bond acceptors (Lipinski definition) is 2. The molecule has 104 valence electrons. The van der Waals surface area contributed by atoms with E-state index < -0.39 is 0 Å². The van der Waals surface area contributed by atoms with Crippen LogP contribution in [0.5, 0.6) is 0 Å². The zero-order valence-electron chi connectivity index (χ0n) is 12.2. The molecule has 0 saturated carbocycles.